The number of nitrogens with one attached hydrogen (secondary N) is 2. The smallest absolute Gasteiger partial charge is 0.276 e. The van der Waals surface area contributed by atoms with Gasteiger partial charge in [0.1, 0.15) is 0 Å². The fourth-order valence-corrected chi connectivity index (χ4v) is 2.69. The highest BCUT2D eigenvalue weighted by Crippen LogP contribution is 2.25. The predicted molar refractivity (Wildman–Crippen MR) is 104 cm³/mol. The lowest BCUT2D eigenvalue weighted by atomic mass is 10.1. The number of hydrogen-bond acceptors (Lipinski definition) is 6. The van der Waals surface area contributed by atoms with Gasteiger partial charge in [-0.3, -0.25) is 14.9 Å². The first kappa shape index (κ1) is 16.6. The lowest BCUT2D eigenvalue weighted by molar-refractivity contribution is 0.102. The van der Waals surface area contributed by atoms with Gasteiger partial charge < -0.3 is 10.2 Å². The molecule has 3 aromatic heterocycles. The number of fused-ring (bicyclic) bond motifs is 1. The number of aromatic amines is 1. The van der Waals surface area contributed by atoms with Crippen molar-refractivity contribution in [2.45, 2.75) is 0 Å². The molecule has 1 amide bonds. The van der Waals surface area contributed by atoms with E-state index in [1.807, 2.05) is 37.2 Å². The zero-order valence-corrected chi connectivity index (χ0v) is 14.8. The second-order valence-corrected chi connectivity index (χ2v) is 6.19. The summed E-state index contributed by atoms with van der Waals surface area (Å²) in [6, 6.07) is 9.19. The minimum absolute atomic E-state index is 0.288. The SMILES string of the molecule is CN(C)c1ncc(-c2ccc3[nH]nc(C(=O)Nc4ccncc4)c3c2)cn1. The highest BCUT2D eigenvalue weighted by Gasteiger charge is 2.15. The van der Waals surface area contributed by atoms with E-state index >= 15 is 0 Å². The number of pyridine rings is 1. The van der Waals surface area contributed by atoms with Crippen molar-refractivity contribution in [3.05, 3.63) is 60.8 Å². The van der Waals surface area contributed by atoms with E-state index in [-0.39, 0.29) is 5.91 Å². The third kappa shape index (κ3) is 3.32. The van der Waals surface area contributed by atoms with Crippen LogP contribution < -0.4 is 10.2 Å². The molecule has 0 aliphatic carbocycles. The second kappa shape index (κ2) is 6.83. The zero-order chi connectivity index (χ0) is 18.8. The minimum atomic E-state index is -0.288. The molecule has 3 heterocycles. The number of hydrogen-bond donors (Lipinski definition) is 2. The van der Waals surface area contributed by atoms with E-state index in [0.29, 0.717) is 17.3 Å². The summed E-state index contributed by atoms with van der Waals surface area (Å²) in [5.41, 5.74) is 3.55. The van der Waals surface area contributed by atoms with Crippen LogP contribution in [0.15, 0.2) is 55.1 Å². The van der Waals surface area contributed by atoms with Gasteiger partial charge in [0.2, 0.25) is 5.95 Å². The summed E-state index contributed by atoms with van der Waals surface area (Å²) in [4.78, 5) is 27.1. The maximum Gasteiger partial charge on any atom is 0.276 e. The van der Waals surface area contributed by atoms with E-state index in [1.165, 1.54) is 0 Å². The Morgan fingerprint density at radius 3 is 2.48 bits per heavy atom. The van der Waals surface area contributed by atoms with Crippen LogP contribution in [0.4, 0.5) is 11.6 Å². The third-order valence-corrected chi connectivity index (χ3v) is 4.09. The molecule has 0 aliphatic heterocycles. The fourth-order valence-electron chi connectivity index (χ4n) is 2.69. The molecule has 0 atom stereocenters. The summed E-state index contributed by atoms with van der Waals surface area (Å²) < 4.78 is 0. The van der Waals surface area contributed by atoms with Crippen molar-refractivity contribution in [3.8, 4) is 11.1 Å². The molecule has 0 fully saturated rings. The highest BCUT2D eigenvalue weighted by molar-refractivity contribution is 6.11. The number of anilines is 2. The summed E-state index contributed by atoms with van der Waals surface area (Å²) in [6.07, 6.45) is 6.77. The average molecular weight is 359 g/mol. The molecule has 0 unspecified atom stereocenters. The largest absolute Gasteiger partial charge is 0.347 e. The van der Waals surface area contributed by atoms with Crippen LogP contribution in [0.1, 0.15) is 10.5 Å². The number of nitrogens with zero attached hydrogens (tertiary/aromatic N) is 5. The van der Waals surface area contributed by atoms with Gasteiger partial charge in [0.25, 0.3) is 5.91 Å². The standard InChI is InChI=1S/C19H17N7O/c1-26(2)19-21-10-13(11-22-19)12-3-4-16-15(9-12)17(25-24-16)18(27)23-14-5-7-20-8-6-14/h3-11H,1-2H3,(H,24,25)(H,20,23,27). The Morgan fingerprint density at radius 1 is 1.04 bits per heavy atom. The first-order valence-corrected chi connectivity index (χ1v) is 8.31. The molecule has 134 valence electrons. The Balaban J connectivity index is 1.67. The number of amides is 1. The number of carbonyl (C=O) groups is 1. The predicted octanol–water partition coefficient (Wildman–Crippen LogP) is 2.73. The summed E-state index contributed by atoms with van der Waals surface area (Å²) in [6.45, 7) is 0. The minimum Gasteiger partial charge on any atom is -0.347 e. The first-order chi connectivity index (χ1) is 13.1. The van der Waals surface area contributed by atoms with Crippen molar-refractivity contribution < 1.29 is 4.79 Å². The van der Waals surface area contributed by atoms with Crippen molar-refractivity contribution >= 4 is 28.4 Å². The van der Waals surface area contributed by atoms with Gasteiger partial charge in [0, 0.05) is 55.5 Å². The molecule has 2 N–H and O–H groups in total. The van der Waals surface area contributed by atoms with Crippen LogP contribution in [0, 0.1) is 0 Å². The Morgan fingerprint density at radius 2 is 1.78 bits per heavy atom. The average Bonchev–Trinajstić information content (AvgIpc) is 3.12. The molecule has 0 bridgehead atoms. The van der Waals surface area contributed by atoms with Crippen LogP contribution in [0.5, 0.6) is 0 Å². The van der Waals surface area contributed by atoms with Crippen molar-refractivity contribution in [2.75, 3.05) is 24.3 Å². The summed E-state index contributed by atoms with van der Waals surface area (Å²) in [5, 5.41) is 10.6. The molecular weight excluding hydrogens is 342 g/mol. The molecule has 27 heavy (non-hydrogen) atoms. The molecular formula is C19H17N7O. The van der Waals surface area contributed by atoms with Crippen molar-refractivity contribution in [3.63, 3.8) is 0 Å². The molecule has 0 saturated heterocycles. The third-order valence-electron chi connectivity index (χ3n) is 4.09. The number of carbonyl (C=O) groups excluding carboxylic acids is 1. The molecule has 4 aromatic rings. The van der Waals surface area contributed by atoms with Crippen molar-refractivity contribution in [1.29, 1.82) is 0 Å². The Labute approximate surface area is 155 Å². The van der Waals surface area contributed by atoms with Gasteiger partial charge in [-0.1, -0.05) is 6.07 Å². The van der Waals surface area contributed by atoms with Crippen LogP contribution in [-0.2, 0) is 0 Å². The number of benzene rings is 1. The number of H-pyrrole nitrogens is 1. The molecule has 0 saturated carbocycles. The summed E-state index contributed by atoms with van der Waals surface area (Å²) in [5.74, 6) is 0.351. The number of aromatic nitrogens is 5. The normalized spacial score (nSPS) is 10.7. The maximum atomic E-state index is 12.6. The topological polar surface area (TPSA) is 99.7 Å². The Hall–Kier alpha value is -3.81. The quantitative estimate of drug-likeness (QED) is 0.581. The van der Waals surface area contributed by atoms with Crippen LogP contribution in [0.2, 0.25) is 0 Å². The van der Waals surface area contributed by atoms with Crippen LogP contribution in [0.3, 0.4) is 0 Å². The zero-order valence-electron chi connectivity index (χ0n) is 14.8. The molecule has 0 aliphatic rings. The Kier molecular flexibility index (Phi) is 4.21. The van der Waals surface area contributed by atoms with Gasteiger partial charge in [-0.2, -0.15) is 5.10 Å². The van der Waals surface area contributed by atoms with Crippen LogP contribution >= 0.6 is 0 Å². The van der Waals surface area contributed by atoms with Gasteiger partial charge in [0.05, 0.1) is 5.52 Å². The molecule has 4 rings (SSSR count). The molecule has 8 heteroatoms. The molecule has 1 aromatic carbocycles. The summed E-state index contributed by atoms with van der Waals surface area (Å²) in [7, 11) is 3.78. The maximum absolute atomic E-state index is 12.6. The van der Waals surface area contributed by atoms with E-state index < -0.39 is 0 Å². The second-order valence-electron chi connectivity index (χ2n) is 6.19. The summed E-state index contributed by atoms with van der Waals surface area (Å²) >= 11 is 0. The fraction of sp³-hybridized carbons (Fsp3) is 0.105. The lowest BCUT2D eigenvalue weighted by Crippen LogP contribution is -2.12. The van der Waals surface area contributed by atoms with Gasteiger partial charge >= 0.3 is 0 Å². The molecule has 0 spiro atoms. The Bertz CT molecular complexity index is 1090. The first-order valence-electron chi connectivity index (χ1n) is 8.31. The van der Waals surface area contributed by atoms with E-state index in [4.69, 9.17) is 0 Å². The lowest BCUT2D eigenvalue weighted by Gasteiger charge is -2.10. The monoisotopic (exact) mass is 359 g/mol. The molecule has 8 nitrogen and oxygen atoms in total. The van der Waals surface area contributed by atoms with Gasteiger partial charge in [-0.15, -0.1) is 0 Å². The van der Waals surface area contributed by atoms with E-state index in [9.17, 15) is 4.79 Å². The van der Waals surface area contributed by atoms with E-state index in [1.54, 1.807) is 36.9 Å². The number of rotatable bonds is 4. The van der Waals surface area contributed by atoms with Crippen LogP contribution in [0.25, 0.3) is 22.0 Å². The van der Waals surface area contributed by atoms with Gasteiger partial charge in [0.15, 0.2) is 5.69 Å². The van der Waals surface area contributed by atoms with Crippen molar-refractivity contribution in [2.24, 2.45) is 0 Å². The van der Waals surface area contributed by atoms with E-state index in [0.717, 1.165) is 22.0 Å². The van der Waals surface area contributed by atoms with Gasteiger partial charge in [-0.25, -0.2) is 9.97 Å². The highest BCUT2D eigenvalue weighted by atomic mass is 16.1. The van der Waals surface area contributed by atoms with Crippen molar-refractivity contribution in [1.82, 2.24) is 25.1 Å². The van der Waals surface area contributed by atoms with Gasteiger partial charge in [-0.05, 0) is 29.8 Å². The van der Waals surface area contributed by atoms with E-state index in [2.05, 4.69) is 30.5 Å². The van der Waals surface area contributed by atoms with Crippen LogP contribution in [-0.4, -0.2) is 45.2 Å². The molecule has 0 radical (unpaired) electrons.